The van der Waals surface area contributed by atoms with Gasteiger partial charge < -0.3 is 24.8 Å². The topological polar surface area (TPSA) is 68.8 Å². The summed E-state index contributed by atoms with van der Waals surface area (Å²) in [6, 6.07) is 19.6. The minimum absolute atomic E-state index is 0.132. The van der Waals surface area contributed by atoms with Crippen molar-refractivity contribution in [1.82, 2.24) is 5.32 Å². The van der Waals surface area contributed by atoms with Crippen molar-refractivity contribution in [2.75, 3.05) is 19.0 Å². The molecule has 0 aliphatic carbocycles. The number of halogens is 1. The summed E-state index contributed by atoms with van der Waals surface area (Å²) < 4.78 is 18.3. The highest BCUT2D eigenvalue weighted by molar-refractivity contribution is 9.10. The van der Waals surface area contributed by atoms with E-state index in [1.54, 1.807) is 7.11 Å². The smallest absolute Gasteiger partial charge is 0.260 e. The van der Waals surface area contributed by atoms with Crippen molar-refractivity contribution >= 4 is 45.4 Å². The SMILES string of the molecule is CCOc1cc(/C=C2\SC(Nc3cc(C)ccc3OC)NC2=O)ccc1OCc1ccc(Br)cc1. The van der Waals surface area contributed by atoms with Crippen molar-refractivity contribution in [2.45, 2.75) is 26.0 Å². The maximum atomic E-state index is 12.6. The Balaban J connectivity index is 1.47. The first-order valence-corrected chi connectivity index (χ1v) is 12.9. The molecule has 1 atom stereocenters. The van der Waals surface area contributed by atoms with E-state index < -0.39 is 0 Å². The van der Waals surface area contributed by atoms with E-state index in [4.69, 9.17) is 14.2 Å². The van der Waals surface area contributed by atoms with Gasteiger partial charge in [-0.1, -0.05) is 52.0 Å². The molecule has 1 heterocycles. The maximum absolute atomic E-state index is 12.6. The standard InChI is InChI=1S/C27H27BrN2O4S/c1-4-33-24-14-19(8-12-23(24)34-16-18-6-9-20(28)10-7-18)15-25-26(31)30-27(35-25)29-21-13-17(2)5-11-22(21)32-3/h5-15,27,29H,4,16H2,1-3H3,(H,30,31)/b25-15-. The van der Waals surface area contributed by atoms with Crippen LogP contribution in [0.5, 0.6) is 17.2 Å². The van der Waals surface area contributed by atoms with Crippen LogP contribution in [0.1, 0.15) is 23.6 Å². The van der Waals surface area contributed by atoms with Gasteiger partial charge in [0, 0.05) is 4.47 Å². The molecule has 182 valence electrons. The summed E-state index contributed by atoms with van der Waals surface area (Å²) in [6.45, 7) is 4.88. The van der Waals surface area contributed by atoms with Crippen LogP contribution in [0.15, 0.2) is 70.0 Å². The number of nitrogens with one attached hydrogen (secondary N) is 2. The number of anilines is 1. The number of hydrogen-bond donors (Lipinski definition) is 2. The Labute approximate surface area is 218 Å². The summed E-state index contributed by atoms with van der Waals surface area (Å²) in [6.07, 6.45) is 1.86. The van der Waals surface area contributed by atoms with Crippen LogP contribution in [-0.4, -0.2) is 25.1 Å². The van der Waals surface area contributed by atoms with Crippen molar-refractivity contribution in [1.29, 1.82) is 0 Å². The van der Waals surface area contributed by atoms with Crippen LogP contribution in [0.2, 0.25) is 0 Å². The average Bonchev–Trinajstić information content (AvgIpc) is 3.18. The lowest BCUT2D eigenvalue weighted by atomic mass is 10.2. The second kappa shape index (κ2) is 11.6. The van der Waals surface area contributed by atoms with Crippen LogP contribution in [0.25, 0.3) is 6.08 Å². The first-order valence-electron chi connectivity index (χ1n) is 11.2. The van der Waals surface area contributed by atoms with Crippen LogP contribution in [-0.2, 0) is 11.4 Å². The highest BCUT2D eigenvalue weighted by Crippen LogP contribution is 2.35. The van der Waals surface area contributed by atoms with Gasteiger partial charge in [0.05, 0.1) is 24.3 Å². The molecule has 0 saturated carbocycles. The van der Waals surface area contributed by atoms with E-state index in [-0.39, 0.29) is 11.4 Å². The van der Waals surface area contributed by atoms with Crippen molar-refractivity contribution in [3.63, 3.8) is 0 Å². The number of aryl methyl sites for hydroxylation is 1. The van der Waals surface area contributed by atoms with Crippen molar-refractivity contribution in [3.05, 3.63) is 86.7 Å². The number of amides is 1. The molecule has 8 heteroatoms. The van der Waals surface area contributed by atoms with Gasteiger partial charge in [-0.25, -0.2) is 0 Å². The minimum atomic E-state index is -0.302. The van der Waals surface area contributed by atoms with Gasteiger partial charge in [0.25, 0.3) is 5.91 Å². The number of benzene rings is 3. The van der Waals surface area contributed by atoms with Gasteiger partial charge in [0.15, 0.2) is 17.0 Å². The van der Waals surface area contributed by atoms with E-state index in [1.165, 1.54) is 11.8 Å². The van der Waals surface area contributed by atoms with Crippen molar-refractivity contribution in [2.24, 2.45) is 0 Å². The largest absolute Gasteiger partial charge is 0.495 e. The molecule has 3 aromatic carbocycles. The molecule has 1 amide bonds. The molecule has 4 rings (SSSR count). The summed E-state index contributed by atoms with van der Waals surface area (Å²) in [4.78, 5) is 13.2. The van der Waals surface area contributed by atoms with Gasteiger partial charge in [0.1, 0.15) is 12.4 Å². The molecule has 6 nitrogen and oxygen atoms in total. The van der Waals surface area contributed by atoms with E-state index in [9.17, 15) is 4.79 Å². The number of hydrogen-bond acceptors (Lipinski definition) is 6. The normalized spacial score (nSPS) is 16.2. The van der Waals surface area contributed by atoms with Gasteiger partial charge in [0.2, 0.25) is 0 Å². The first kappa shape index (κ1) is 25.0. The van der Waals surface area contributed by atoms with E-state index in [1.807, 2.05) is 80.6 Å². The molecule has 35 heavy (non-hydrogen) atoms. The summed E-state index contributed by atoms with van der Waals surface area (Å²) in [5, 5.41) is 6.31. The summed E-state index contributed by atoms with van der Waals surface area (Å²) in [7, 11) is 1.63. The molecule has 0 aromatic heterocycles. The zero-order valence-electron chi connectivity index (χ0n) is 19.8. The van der Waals surface area contributed by atoms with Crippen LogP contribution in [0, 0.1) is 6.92 Å². The van der Waals surface area contributed by atoms with Gasteiger partial charge in [-0.3, -0.25) is 4.79 Å². The molecule has 1 aliphatic rings. The maximum Gasteiger partial charge on any atom is 0.260 e. The summed E-state index contributed by atoms with van der Waals surface area (Å²) >= 11 is 4.87. The van der Waals surface area contributed by atoms with E-state index in [2.05, 4.69) is 26.6 Å². The summed E-state index contributed by atoms with van der Waals surface area (Å²) in [5.74, 6) is 1.89. The first-order chi connectivity index (χ1) is 16.9. The zero-order chi connectivity index (χ0) is 24.8. The van der Waals surface area contributed by atoms with Crippen LogP contribution < -0.4 is 24.8 Å². The number of methoxy groups -OCH3 is 1. The summed E-state index contributed by atoms with van der Waals surface area (Å²) in [5.41, 5.74) is 3.55. The molecule has 0 spiro atoms. The molecule has 0 bridgehead atoms. The Hall–Kier alpha value is -3.10. The molecular weight excluding hydrogens is 528 g/mol. The lowest BCUT2D eigenvalue weighted by molar-refractivity contribution is -0.116. The third-order valence-corrected chi connectivity index (χ3v) is 6.80. The second-order valence-electron chi connectivity index (χ2n) is 7.88. The Bertz CT molecular complexity index is 1230. The third kappa shape index (κ3) is 6.52. The monoisotopic (exact) mass is 554 g/mol. The fourth-order valence-electron chi connectivity index (χ4n) is 3.54. The number of carbonyl (C=O) groups is 1. The number of ether oxygens (including phenoxy) is 3. The predicted octanol–water partition coefficient (Wildman–Crippen LogP) is 6.34. The van der Waals surface area contributed by atoms with Crippen LogP contribution in [0.4, 0.5) is 5.69 Å². The number of carbonyl (C=O) groups excluding carboxylic acids is 1. The second-order valence-corrected chi connectivity index (χ2v) is 9.94. The Morgan fingerprint density at radius 1 is 1.03 bits per heavy atom. The lowest BCUT2D eigenvalue weighted by Gasteiger charge is -2.16. The third-order valence-electron chi connectivity index (χ3n) is 5.25. The average molecular weight is 555 g/mol. The highest BCUT2D eigenvalue weighted by Gasteiger charge is 2.28. The van der Waals surface area contributed by atoms with Crippen LogP contribution in [0.3, 0.4) is 0 Å². The van der Waals surface area contributed by atoms with E-state index in [0.717, 1.165) is 32.6 Å². The van der Waals surface area contributed by atoms with Gasteiger partial charge in [-0.05, 0) is 73.0 Å². The minimum Gasteiger partial charge on any atom is -0.495 e. The van der Waals surface area contributed by atoms with E-state index >= 15 is 0 Å². The molecule has 1 unspecified atom stereocenters. The number of rotatable bonds is 9. The van der Waals surface area contributed by atoms with Crippen molar-refractivity contribution in [3.8, 4) is 17.2 Å². The Morgan fingerprint density at radius 2 is 1.80 bits per heavy atom. The number of thioether (sulfide) groups is 1. The Morgan fingerprint density at radius 3 is 2.54 bits per heavy atom. The van der Waals surface area contributed by atoms with E-state index in [0.29, 0.717) is 29.6 Å². The van der Waals surface area contributed by atoms with Crippen molar-refractivity contribution < 1.29 is 19.0 Å². The zero-order valence-corrected chi connectivity index (χ0v) is 22.2. The van der Waals surface area contributed by atoms with Crippen LogP contribution >= 0.6 is 27.7 Å². The highest BCUT2D eigenvalue weighted by atomic mass is 79.9. The Kier molecular flexibility index (Phi) is 8.25. The quantitative estimate of drug-likeness (QED) is 0.300. The molecular formula is C27H27BrN2O4S. The molecule has 1 fully saturated rings. The molecule has 0 radical (unpaired) electrons. The van der Waals surface area contributed by atoms with Gasteiger partial charge in [-0.15, -0.1) is 0 Å². The molecule has 1 aliphatic heterocycles. The predicted molar refractivity (Wildman–Crippen MR) is 145 cm³/mol. The van der Waals surface area contributed by atoms with Gasteiger partial charge in [-0.2, -0.15) is 0 Å². The fourth-order valence-corrected chi connectivity index (χ4v) is 4.78. The molecule has 2 N–H and O–H groups in total. The molecule has 1 saturated heterocycles. The molecule has 3 aromatic rings. The fraction of sp³-hybridized carbons (Fsp3) is 0.222. The lowest BCUT2D eigenvalue weighted by Crippen LogP contribution is -2.31. The van der Waals surface area contributed by atoms with Gasteiger partial charge >= 0.3 is 0 Å².